The van der Waals surface area contributed by atoms with E-state index in [1.165, 1.54) is 6.07 Å². The molecule has 1 rings (SSSR count). The molecule has 0 bridgehead atoms. The maximum atomic E-state index is 13.3. The Kier molecular flexibility index (Phi) is 4.51. The summed E-state index contributed by atoms with van der Waals surface area (Å²) in [7, 11) is 0. The lowest BCUT2D eigenvalue weighted by atomic mass is 10.3. The summed E-state index contributed by atoms with van der Waals surface area (Å²) >= 11 is 3.25. The quantitative estimate of drug-likeness (QED) is 0.334. The van der Waals surface area contributed by atoms with E-state index in [0.29, 0.717) is 18.2 Å². The Hall–Kier alpha value is -1.14. The summed E-state index contributed by atoms with van der Waals surface area (Å²) < 4.78 is 14.1. The summed E-state index contributed by atoms with van der Waals surface area (Å²) in [6.45, 7) is 2.42. The van der Waals surface area contributed by atoms with E-state index in [2.05, 4.69) is 31.7 Å². The van der Waals surface area contributed by atoms with Crippen LogP contribution in [0.2, 0.25) is 0 Å². The Bertz CT molecular complexity index is 367. The van der Waals surface area contributed by atoms with Crippen molar-refractivity contribution in [3.63, 3.8) is 0 Å². The molecule has 0 radical (unpaired) electrons. The number of aliphatic imine (C=N–C) groups is 1. The van der Waals surface area contributed by atoms with E-state index in [4.69, 9.17) is 5.84 Å². The molecule has 0 spiro atoms. The summed E-state index contributed by atoms with van der Waals surface area (Å²) in [5.41, 5.74) is 2.67. The molecule has 4 nitrogen and oxygen atoms in total. The molecule has 0 heterocycles. The van der Waals surface area contributed by atoms with Gasteiger partial charge in [0.25, 0.3) is 0 Å². The fraction of sp³-hybridized carbons (Fsp3) is 0.222. The van der Waals surface area contributed by atoms with Crippen molar-refractivity contribution in [2.45, 2.75) is 6.92 Å². The van der Waals surface area contributed by atoms with Crippen LogP contribution in [0.15, 0.2) is 27.7 Å². The molecule has 0 aliphatic carbocycles. The van der Waals surface area contributed by atoms with Crippen molar-refractivity contribution >= 4 is 27.6 Å². The summed E-state index contributed by atoms with van der Waals surface area (Å²) in [6.07, 6.45) is 0. The number of nitrogens with two attached hydrogens (primary N) is 1. The highest BCUT2D eigenvalue weighted by atomic mass is 79.9. The van der Waals surface area contributed by atoms with Crippen LogP contribution in [0, 0.1) is 5.82 Å². The lowest BCUT2D eigenvalue weighted by Gasteiger charge is -2.09. The summed E-state index contributed by atoms with van der Waals surface area (Å²) in [5.74, 6) is 5.18. The molecule has 15 heavy (non-hydrogen) atoms. The van der Waals surface area contributed by atoms with Gasteiger partial charge in [0.05, 0.1) is 5.69 Å². The van der Waals surface area contributed by atoms with Crippen LogP contribution in [0.1, 0.15) is 6.92 Å². The predicted molar refractivity (Wildman–Crippen MR) is 63.0 cm³/mol. The van der Waals surface area contributed by atoms with E-state index in [1.807, 2.05) is 6.92 Å². The average Bonchev–Trinajstić information content (AvgIpc) is 2.22. The van der Waals surface area contributed by atoms with E-state index >= 15 is 0 Å². The molecule has 0 saturated heterocycles. The van der Waals surface area contributed by atoms with E-state index in [1.54, 1.807) is 12.1 Å². The zero-order valence-electron chi connectivity index (χ0n) is 8.22. The number of nitrogens with zero attached hydrogens (tertiary/aromatic N) is 1. The first-order valence-corrected chi connectivity index (χ1v) is 5.19. The number of hydrogen-bond acceptors (Lipinski definition) is 2. The highest BCUT2D eigenvalue weighted by Crippen LogP contribution is 2.19. The standard InChI is InChI=1S/C9H12BrFN4/c1-2-13-9(15-12)14-8-5-6(10)3-4-7(8)11/h3-5H,2,12H2,1H3,(H2,13,14,15). The zero-order valence-corrected chi connectivity index (χ0v) is 9.81. The smallest absolute Gasteiger partial charge is 0.210 e. The van der Waals surface area contributed by atoms with Crippen molar-refractivity contribution < 1.29 is 4.39 Å². The minimum atomic E-state index is -0.364. The molecule has 0 amide bonds. The van der Waals surface area contributed by atoms with Gasteiger partial charge in [-0.15, -0.1) is 0 Å². The molecule has 0 fully saturated rings. The number of guanidine groups is 1. The Morgan fingerprint density at radius 1 is 1.60 bits per heavy atom. The molecular weight excluding hydrogens is 263 g/mol. The van der Waals surface area contributed by atoms with Crippen molar-refractivity contribution in [3.05, 3.63) is 28.5 Å². The summed E-state index contributed by atoms with van der Waals surface area (Å²) in [5, 5.41) is 2.75. The molecule has 0 aromatic heterocycles. The van der Waals surface area contributed by atoms with Crippen molar-refractivity contribution in [3.8, 4) is 0 Å². The second-order valence-corrected chi connectivity index (χ2v) is 3.63. The van der Waals surface area contributed by atoms with Crippen LogP contribution in [-0.4, -0.2) is 12.5 Å². The van der Waals surface area contributed by atoms with Gasteiger partial charge < -0.3 is 5.32 Å². The lowest BCUT2D eigenvalue weighted by Crippen LogP contribution is -2.36. The third-order valence-electron chi connectivity index (χ3n) is 1.63. The normalized spacial score (nSPS) is 11.3. The molecular formula is C9H12BrFN4. The van der Waals surface area contributed by atoms with Crippen LogP contribution in [-0.2, 0) is 0 Å². The molecule has 4 N–H and O–H groups in total. The van der Waals surface area contributed by atoms with Crippen LogP contribution >= 0.6 is 15.9 Å². The lowest BCUT2D eigenvalue weighted by molar-refractivity contribution is 0.631. The SMILES string of the molecule is CCN=C(NN)Nc1cc(Br)ccc1F. The minimum absolute atomic E-state index is 0.314. The van der Waals surface area contributed by atoms with Gasteiger partial charge in [-0.1, -0.05) is 15.9 Å². The number of hydrazine groups is 1. The van der Waals surface area contributed by atoms with Crippen molar-refractivity contribution in [1.29, 1.82) is 0 Å². The van der Waals surface area contributed by atoms with Gasteiger partial charge in [0.2, 0.25) is 5.96 Å². The van der Waals surface area contributed by atoms with Gasteiger partial charge in [0.15, 0.2) is 0 Å². The van der Waals surface area contributed by atoms with E-state index in [-0.39, 0.29) is 5.82 Å². The van der Waals surface area contributed by atoms with Crippen LogP contribution in [0.3, 0.4) is 0 Å². The van der Waals surface area contributed by atoms with Crippen molar-refractivity contribution in [2.75, 3.05) is 11.9 Å². The first-order valence-electron chi connectivity index (χ1n) is 4.40. The van der Waals surface area contributed by atoms with Crippen LogP contribution in [0.4, 0.5) is 10.1 Å². The molecule has 0 aliphatic heterocycles. The number of nitrogens with one attached hydrogen (secondary N) is 2. The van der Waals surface area contributed by atoms with Gasteiger partial charge >= 0.3 is 0 Å². The number of hydrogen-bond donors (Lipinski definition) is 3. The van der Waals surface area contributed by atoms with Crippen LogP contribution in [0.25, 0.3) is 0 Å². The van der Waals surface area contributed by atoms with E-state index in [9.17, 15) is 4.39 Å². The van der Waals surface area contributed by atoms with Crippen molar-refractivity contribution in [1.82, 2.24) is 5.43 Å². The van der Waals surface area contributed by atoms with Crippen LogP contribution < -0.4 is 16.6 Å². The molecule has 82 valence electrons. The largest absolute Gasteiger partial charge is 0.323 e. The number of halogens is 2. The number of anilines is 1. The zero-order chi connectivity index (χ0) is 11.3. The van der Waals surface area contributed by atoms with Gasteiger partial charge in [0, 0.05) is 11.0 Å². The van der Waals surface area contributed by atoms with Crippen molar-refractivity contribution in [2.24, 2.45) is 10.8 Å². The fourth-order valence-electron chi connectivity index (χ4n) is 1.00. The van der Waals surface area contributed by atoms with Gasteiger partial charge in [-0.25, -0.2) is 10.2 Å². The Morgan fingerprint density at radius 2 is 2.33 bits per heavy atom. The molecule has 1 aromatic rings. The highest BCUT2D eigenvalue weighted by Gasteiger charge is 2.04. The topological polar surface area (TPSA) is 62.4 Å². The van der Waals surface area contributed by atoms with E-state index in [0.717, 1.165) is 4.47 Å². The average molecular weight is 275 g/mol. The van der Waals surface area contributed by atoms with Gasteiger partial charge in [-0.05, 0) is 25.1 Å². The monoisotopic (exact) mass is 274 g/mol. The molecule has 0 aliphatic rings. The number of benzene rings is 1. The first-order chi connectivity index (χ1) is 7.17. The maximum Gasteiger partial charge on any atom is 0.210 e. The summed E-state index contributed by atoms with van der Waals surface area (Å²) in [6, 6.07) is 4.58. The van der Waals surface area contributed by atoms with Crippen LogP contribution in [0.5, 0.6) is 0 Å². The second kappa shape index (κ2) is 5.67. The highest BCUT2D eigenvalue weighted by molar-refractivity contribution is 9.10. The number of rotatable bonds is 2. The third kappa shape index (κ3) is 3.49. The van der Waals surface area contributed by atoms with Gasteiger partial charge in [0.1, 0.15) is 5.82 Å². The predicted octanol–water partition coefficient (Wildman–Crippen LogP) is 1.84. The Balaban J connectivity index is 2.87. The minimum Gasteiger partial charge on any atom is -0.323 e. The fourth-order valence-corrected chi connectivity index (χ4v) is 1.36. The molecule has 0 unspecified atom stereocenters. The third-order valence-corrected chi connectivity index (χ3v) is 2.13. The molecule has 1 aromatic carbocycles. The van der Waals surface area contributed by atoms with Gasteiger partial charge in [-0.2, -0.15) is 0 Å². The Labute approximate surface area is 95.9 Å². The molecule has 0 atom stereocenters. The second-order valence-electron chi connectivity index (χ2n) is 2.72. The maximum absolute atomic E-state index is 13.3. The van der Waals surface area contributed by atoms with E-state index < -0.39 is 0 Å². The first kappa shape index (κ1) is 11.9. The molecule has 0 saturated carbocycles. The summed E-state index contributed by atoms with van der Waals surface area (Å²) in [4.78, 5) is 4.00. The molecule has 6 heteroatoms. The van der Waals surface area contributed by atoms with Gasteiger partial charge in [-0.3, -0.25) is 10.4 Å². The Morgan fingerprint density at radius 3 is 2.93 bits per heavy atom.